The summed E-state index contributed by atoms with van der Waals surface area (Å²) in [5, 5.41) is 0. The fourth-order valence-corrected chi connectivity index (χ4v) is 2.13. The van der Waals surface area contributed by atoms with Gasteiger partial charge in [-0.15, -0.1) is 0 Å². The van der Waals surface area contributed by atoms with Gasteiger partial charge in [0.1, 0.15) is 5.78 Å². The number of carbonyl (C=O) groups is 1. The van der Waals surface area contributed by atoms with Crippen LogP contribution in [0.25, 0.3) is 0 Å². The van der Waals surface area contributed by atoms with Crippen LogP contribution in [0.2, 0.25) is 0 Å². The number of hydrogen-bond donors (Lipinski definition) is 1. The monoisotopic (exact) mass is 247 g/mol. The number of aryl methyl sites for hydroxylation is 2. The van der Waals surface area contributed by atoms with Gasteiger partial charge in [0.25, 0.3) is 0 Å². The van der Waals surface area contributed by atoms with Crippen molar-refractivity contribution in [2.24, 2.45) is 11.7 Å². The maximum atomic E-state index is 11.1. The molecule has 0 aromatic heterocycles. The van der Waals surface area contributed by atoms with E-state index in [1.165, 1.54) is 11.1 Å². The molecular formula is C16H25NO. The minimum absolute atomic E-state index is 0.0976. The average molecular weight is 247 g/mol. The molecule has 2 atom stereocenters. The van der Waals surface area contributed by atoms with Crippen molar-refractivity contribution in [1.29, 1.82) is 0 Å². The van der Waals surface area contributed by atoms with Crippen molar-refractivity contribution in [2.75, 3.05) is 0 Å². The molecule has 1 aromatic carbocycles. The summed E-state index contributed by atoms with van der Waals surface area (Å²) in [7, 11) is 0. The Hall–Kier alpha value is -1.15. The molecule has 0 saturated carbocycles. The summed E-state index contributed by atoms with van der Waals surface area (Å²) >= 11 is 0. The van der Waals surface area contributed by atoms with Crippen molar-refractivity contribution in [3.63, 3.8) is 0 Å². The molecule has 0 fully saturated rings. The summed E-state index contributed by atoms with van der Waals surface area (Å²) in [6.07, 6.45) is 4.22. The lowest BCUT2D eigenvalue weighted by Crippen LogP contribution is -2.30. The molecule has 100 valence electrons. The molecule has 0 spiro atoms. The van der Waals surface area contributed by atoms with Crippen molar-refractivity contribution >= 4 is 5.78 Å². The lowest BCUT2D eigenvalue weighted by molar-refractivity contribution is -0.118. The Labute approximate surface area is 111 Å². The third-order valence-corrected chi connectivity index (χ3v) is 3.46. The lowest BCUT2D eigenvalue weighted by atomic mass is 9.94. The van der Waals surface area contributed by atoms with Gasteiger partial charge in [0.2, 0.25) is 0 Å². The topological polar surface area (TPSA) is 43.1 Å². The Morgan fingerprint density at radius 3 is 2.44 bits per heavy atom. The number of benzene rings is 1. The number of carbonyl (C=O) groups excluding carboxylic acids is 1. The Bertz CT molecular complexity index is 369. The zero-order chi connectivity index (χ0) is 13.5. The standard InChI is InChI=1S/C16H25NO/c1-12-7-9-15(10-8-12)6-4-5-13(2)11-16(17)14(3)18/h7-10,13,16H,4-6,11,17H2,1-3H3/t13-,16+/m1/s1. The second kappa shape index (κ2) is 7.32. The Morgan fingerprint density at radius 2 is 1.89 bits per heavy atom. The highest BCUT2D eigenvalue weighted by atomic mass is 16.1. The first kappa shape index (κ1) is 14.9. The van der Waals surface area contributed by atoms with E-state index < -0.39 is 0 Å². The molecule has 18 heavy (non-hydrogen) atoms. The predicted octanol–water partition coefficient (Wildman–Crippen LogP) is 3.26. The molecule has 0 unspecified atom stereocenters. The van der Waals surface area contributed by atoms with E-state index in [9.17, 15) is 4.79 Å². The van der Waals surface area contributed by atoms with Gasteiger partial charge in [-0.3, -0.25) is 4.79 Å². The lowest BCUT2D eigenvalue weighted by Gasteiger charge is -2.14. The third-order valence-electron chi connectivity index (χ3n) is 3.46. The van der Waals surface area contributed by atoms with Gasteiger partial charge in [-0.2, -0.15) is 0 Å². The first-order chi connectivity index (χ1) is 8.49. The van der Waals surface area contributed by atoms with Crippen molar-refractivity contribution in [1.82, 2.24) is 0 Å². The van der Waals surface area contributed by atoms with E-state index in [0.717, 1.165) is 25.7 Å². The Balaban J connectivity index is 2.25. The first-order valence-electron chi connectivity index (χ1n) is 6.80. The van der Waals surface area contributed by atoms with E-state index in [0.29, 0.717) is 5.92 Å². The van der Waals surface area contributed by atoms with Gasteiger partial charge in [-0.1, -0.05) is 43.2 Å². The molecule has 2 heteroatoms. The van der Waals surface area contributed by atoms with Crippen LogP contribution in [-0.2, 0) is 11.2 Å². The fourth-order valence-electron chi connectivity index (χ4n) is 2.13. The van der Waals surface area contributed by atoms with Crippen LogP contribution < -0.4 is 5.73 Å². The SMILES string of the molecule is CC(=O)[C@@H](N)C[C@H](C)CCCc1ccc(C)cc1. The van der Waals surface area contributed by atoms with Crippen LogP contribution in [0, 0.1) is 12.8 Å². The highest BCUT2D eigenvalue weighted by Crippen LogP contribution is 2.15. The number of Topliss-reactive ketones (excluding diaryl/α,β-unsaturated/α-hetero) is 1. The zero-order valence-corrected chi connectivity index (χ0v) is 11.8. The van der Waals surface area contributed by atoms with Crippen molar-refractivity contribution in [3.8, 4) is 0 Å². The van der Waals surface area contributed by atoms with Gasteiger partial charge in [0.05, 0.1) is 6.04 Å². The fraction of sp³-hybridized carbons (Fsp3) is 0.562. The van der Waals surface area contributed by atoms with Gasteiger partial charge >= 0.3 is 0 Å². The van der Waals surface area contributed by atoms with Crippen LogP contribution in [0.15, 0.2) is 24.3 Å². The molecule has 0 aliphatic rings. The van der Waals surface area contributed by atoms with E-state index in [1.807, 2.05) is 0 Å². The van der Waals surface area contributed by atoms with Gasteiger partial charge in [0, 0.05) is 0 Å². The maximum Gasteiger partial charge on any atom is 0.146 e. The highest BCUT2D eigenvalue weighted by Gasteiger charge is 2.12. The summed E-state index contributed by atoms with van der Waals surface area (Å²) in [5.41, 5.74) is 8.46. The summed E-state index contributed by atoms with van der Waals surface area (Å²) in [6, 6.07) is 8.43. The highest BCUT2D eigenvalue weighted by molar-refractivity contribution is 5.81. The quantitative estimate of drug-likeness (QED) is 0.803. The number of hydrogen-bond acceptors (Lipinski definition) is 2. The van der Waals surface area contributed by atoms with E-state index >= 15 is 0 Å². The van der Waals surface area contributed by atoms with Gasteiger partial charge in [-0.05, 0) is 44.6 Å². The molecule has 2 N–H and O–H groups in total. The van der Waals surface area contributed by atoms with Crippen molar-refractivity contribution in [2.45, 2.75) is 52.5 Å². The normalized spacial score (nSPS) is 14.2. The molecule has 1 aromatic rings. The van der Waals surface area contributed by atoms with Crippen LogP contribution in [-0.4, -0.2) is 11.8 Å². The molecule has 0 radical (unpaired) electrons. The molecule has 0 heterocycles. The second-order valence-electron chi connectivity index (χ2n) is 5.44. The van der Waals surface area contributed by atoms with Crippen LogP contribution in [0.4, 0.5) is 0 Å². The van der Waals surface area contributed by atoms with E-state index in [1.54, 1.807) is 6.92 Å². The summed E-state index contributed by atoms with van der Waals surface area (Å²) in [4.78, 5) is 11.1. The number of rotatable bonds is 7. The summed E-state index contributed by atoms with van der Waals surface area (Å²) < 4.78 is 0. The smallest absolute Gasteiger partial charge is 0.146 e. The van der Waals surface area contributed by atoms with Crippen molar-refractivity contribution < 1.29 is 4.79 Å². The van der Waals surface area contributed by atoms with Gasteiger partial charge in [-0.25, -0.2) is 0 Å². The minimum atomic E-state index is -0.278. The molecule has 2 nitrogen and oxygen atoms in total. The average Bonchev–Trinajstić information content (AvgIpc) is 2.31. The van der Waals surface area contributed by atoms with E-state index in [4.69, 9.17) is 5.73 Å². The van der Waals surface area contributed by atoms with Gasteiger partial charge < -0.3 is 5.73 Å². The van der Waals surface area contributed by atoms with Crippen LogP contribution in [0.5, 0.6) is 0 Å². The second-order valence-corrected chi connectivity index (χ2v) is 5.44. The van der Waals surface area contributed by atoms with E-state index in [2.05, 4.69) is 38.1 Å². The molecular weight excluding hydrogens is 222 g/mol. The maximum absolute atomic E-state index is 11.1. The first-order valence-corrected chi connectivity index (χ1v) is 6.80. The van der Waals surface area contributed by atoms with Crippen LogP contribution >= 0.6 is 0 Å². The Morgan fingerprint density at radius 1 is 1.28 bits per heavy atom. The Kier molecular flexibility index (Phi) is 6.06. The summed E-state index contributed by atoms with van der Waals surface area (Å²) in [5.74, 6) is 0.620. The predicted molar refractivity (Wildman–Crippen MR) is 76.6 cm³/mol. The largest absolute Gasteiger partial charge is 0.322 e. The molecule has 0 aliphatic carbocycles. The van der Waals surface area contributed by atoms with Crippen molar-refractivity contribution in [3.05, 3.63) is 35.4 Å². The van der Waals surface area contributed by atoms with E-state index in [-0.39, 0.29) is 11.8 Å². The third kappa shape index (κ3) is 5.46. The molecule has 0 bridgehead atoms. The molecule has 0 aliphatic heterocycles. The molecule has 0 amide bonds. The van der Waals surface area contributed by atoms with Crippen LogP contribution in [0.3, 0.4) is 0 Å². The molecule has 1 rings (SSSR count). The van der Waals surface area contributed by atoms with Crippen LogP contribution in [0.1, 0.15) is 44.2 Å². The minimum Gasteiger partial charge on any atom is -0.322 e. The zero-order valence-electron chi connectivity index (χ0n) is 11.8. The summed E-state index contributed by atoms with van der Waals surface area (Å²) in [6.45, 7) is 5.86. The van der Waals surface area contributed by atoms with Gasteiger partial charge in [0.15, 0.2) is 0 Å². The molecule has 0 saturated heterocycles. The number of nitrogens with two attached hydrogens (primary N) is 1. The number of ketones is 1.